The van der Waals surface area contributed by atoms with Crippen LogP contribution in [0, 0.1) is 0 Å². The van der Waals surface area contributed by atoms with E-state index in [0.717, 1.165) is 0 Å². The third kappa shape index (κ3) is 3.44. The number of benzene rings is 1. The average Bonchev–Trinajstić information content (AvgIpc) is 2.29. The van der Waals surface area contributed by atoms with Gasteiger partial charge in [-0.1, -0.05) is 12.1 Å². The molecule has 0 unspecified atom stereocenters. The SMILES string of the molecule is COCCOc1ccccc1S(=O)(=O)C(C)C. The average molecular weight is 258 g/mol. The van der Waals surface area contributed by atoms with Crippen LogP contribution in [0.4, 0.5) is 0 Å². The van der Waals surface area contributed by atoms with E-state index in [0.29, 0.717) is 19.0 Å². The van der Waals surface area contributed by atoms with Crippen molar-refractivity contribution in [2.24, 2.45) is 0 Å². The number of methoxy groups -OCH3 is 1. The summed E-state index contributed by atoms with van der Waals surface area (Å²) in [5, 5.41) is -0.463. The summed E-state index contributed by atoms with van der Waals surface area (Å²) < 4.78 is 34.4. The lowest BCUT2D eigenvalue weighted by Crippen LogP contribution is -2.16. The minimum Gasteiger partial charge on any atom is -0.490 e. The van der Waals surface area contributed by atoms with Gasteiger partial charge in [0.05, 0.1) is 11.9 Å². The summed E-state index contributed by atoms with van der Waals surface area (Å²) in [7, 11) is -1.74. The predicted molar refractivity (Wildman–Crippen MR) is 66.1 cm³/mol. The molecular weight excluding hydrogens is 240 g/mol. The normalized spacial score (nSPS) is 11.8. The lowest BCUT2D eigenvalue weighted by molar-refractivity contribution is 0.144. The first-order valence-electron chi connectivity index (χ1n) is 5.44. The topological polar surface area (TPSA) is 52.6 Å². The summed E-state index contributed by atoms with van der Waals surface area (Å²) >= 11 is 0. The van der Waals surface area contributed by atoms with Crippen LogP contribution in [0.1, 0.15) is 13.8 Å². The fraction of sp³-hybridized carbons (Fsp3) is 0.500. The number of ether oxygens (including phenoxy) is 2. The van der Waals surface area contributed by atoms with E-state index >= 15 is 0 Å². The van der Waals surface area contributed by atoms with Gasteiger partial charge >= 0.3 is 0 Å². The van der Waals surface area contributed by atoms with Gasteiger partial charge in [0.1, 0.15) is 17.3 Å². The van der Waals surface area contributed by atoms with Crippen LogP contribution in [0.15, 0.2) is 29.2 Å². The third-order valence-electron chi connectivity index (χ3n) is 2.32. The second kappa shape index (κ2) is 6.02. The van der Waals surface area contributed by atoms with Crippen molar-refractivity contribution >= 4 is 9.84 Å². The van der Waals surface area contributed by atoms with Gasteiger partial charge in [-0.2, -0.15) is 0 Å². The first-order chi connectivity index (χ1) is 8.00. The van der Waals surface area contributed by atoms with Crippen molar-refractivity contribution in [2.75, 3.05) is 20.3 Å². The van der Waals surface area contributed by atoms with Gasteiger partial charge in [0, 0.05) is 7.11 Å². The Labute approximate surface area is 102 Å². The molecule has 17 heavy (non-hydrogen) atoms. The van der Waals surface area contributed by atoms with Crippen molar-refractivity contribution in [1.82, 2.24) is 0 Å². The van der Waals surface area contributed by atoms with Gasteiger partial charge < -0.3 is 9.47 Å². The van der Waals surface area contributed by atoms with Crippen molar-refractivity contribution < 1.29 is 17.9 Å². The van der Waals surface area contributed by atoms with Crippen LogP contribution >= 0.6 is 0 Å². The number of para-hydroxylation sites is 1. The standard InChI is InChI=1S/C12H18O4S/c1-10(2)17(13,14)12-7-5-4-6-11(12)16-9-8-15-3/h4-7,10H,8-9H2,1-3H3. The monoisotopic (exact) mass is 258 g/mol. The summed E-state index contributed by atoms with van der Waals surface area (Å²) in [5.74, 6) is 0.387. The van der Waals surface area contributed by atoms with E-state index < -0.39 is 15.1 Å². The molecule has 0 aromatic heterocycles. The van der Waals surface area contributed by atoms with Crippen LogP contribution in [-0.2, 0) is 14.6 Å². The van der Waals surface area contributed by atoms with Crippen LogP contribution in [0.3, 0.4) is 0 Å². The molecule has 0 aliphatic carbocycles. The van der Waals surface area contributed by atoms with E-state index in [-0.39, 0.29) is 4.90 Å². The zero-order chi connectivity index (χ0) is 12.9. The summed E-state index contributed by atoms with van der Waals surface area (Å²) in [6, 6.07) is 6.67. The van der Waals surface area contributed by atoms with Crippen LogP contribution in [0.5, 0.6) is 5.75 Å². The number of rotatable bonds is 6. The van der Waals surface area contributed by atoms with Crippen molar-refractivity contribution in [3.63, 3.8) is 0 Å². The second-order valence-corrected chi connectivity index (χ2v) is 6.35. The second-order valence-electron chi connectivity index (χ2n) is 3.88. The Morgan fingerprint density at radius 1 is 1.18 bits per heavy atom. The fourth-order valence-corrected chi connectivity index (χ4v) is 2.48. The van der Waals surface area contributed by atoms with Gasteiger partial charge in [-0.15, -0.1) is 0 Å². The first kappa shape index (κ1) is 14.0. The van der Waals surface area contributed by atoms with Crippen LogP contribution in [0.25, 0.3) is 0 Å². The third-order valence-corrected chi connectivity index (χ3v) is 4.51. The van der Waals surface area contributed by atoms with E-state index in [1.807, 2.05) is 0 Å². The zero-order valence-corrected chi connectivity index (χ0v) is 11.2. The number of sulfone groups is 1. The maximum Gasteiger partial charge on any atom is 0.184 e. The molecular formula is C12H18O4S. The number of hydrogen-bond donors (Lipinski definition) is 0. The first-order valence-corrected chi connectivity index (χ1v) is 6.99. The summed E-state index contributed by atoms with van der Waals surface area (Å²) in [4.78, 5) is 0.242. The highest BCUT2D eigenvalue weighted by Gasteiger charge is 2.22. The smallest absolute Gasteiger partial charge is 0.184 e. The fourth-order valence-electron chi connectivity index (χ4n) is 1.29. The van der Waals surface area contributed by atoms with Crippen molar-refractivity contribution in [3.8, 4) is 5.75 Å². The van der Waals surface area contributed by atoms with Crippen molar-refractivity contribution in [1.29, 1.82) is 0 Å². The van der Waals surface area contributed by atoms with E-state index in [9.17, 15) is 8.42 Å². The highest BCUT2D eigenvalue weighted by molar-refractivity contribution is 7.92. The maximum atomic E-state index is 12.1. The highest BCUT2D eigenvalue weighted by atomic mass is 32.2. The van der Waals surface area contributed by atoms with Gasteiger partial charge in [0.2, 0.25) is 0 Å². The molecule has 0 fully saturated rings. The molecule has 0 N–H and O–H groups in total. The van der Waals surface area contributed by atoms with Gasteiger partial charge in [-0.3, -0.25) is 0 Å². The van der Waals surface area contributed by atoms with Crippen LogP contribution < -0.4 is 4.74 Å². The minimum absolute atomic E-state index is 0.242. The Balaban J connectivity index is 3.00. The molecule has 0 aliphatic heterocycles. The molecule has 0 atom stereocenters. The molecule has 1 rings (SSSR count). The van der Waals surface area contributed by atoms with Gasteiger partial charge in [-0.25, -0.2) is 8.42 Å². The van der Waals surface area contributed by atoms with Crippen molar-refractivity contribution in [2.45, 2.75) is 24.0 Å². The Hall–Kier alpha value is -1.07. The quantitative estimate of drug-likeness (QED) is 0.731. The van der Waals surface area contributed by atoms with Gasteiger partial charge in [-0.05, 0) is 26.0 Å². The van der Waals surface area contributed by atoms with Crippen molar-refractivity contribution in [3.05, 3.63) is 24.3 Å². The van der Waals surface area contributed by atoms with Gasteiger partial charge in [0.15, 0.2) is 9.84 Å². The molecule has 0 radical (unpaired) electrons. The lowest BCUT2D eigenvalue weighted by atomic mass is 10.3. The molecule has 4 nitrogen and oxygen atoms in total. The molecule has 1 aromatic carbocycles. The molecule has 1 aromatic rings. The van der Waals surface area contributed by atoms with Crippen LogP contribution in [0.2, 0.25) is 0 Å². The Bertz CT molecular complexity index is 451. The van der Waals surface area contributed by atoms with E-state index in [4.69, 9.17) is 9.47 Å². The zero-order valence-electron chi connectivity index (χ0n) is 10.3. The van der Waals surface area contributed by atoms with E-state index in [1.54, 1.807) is 45.2 Å². The van der Waals surface area contributed by atoms with Crippen LogP contribution in [-0.4, -0.2) is 34.0 Å². The Kier molecular flexibility index (Phi) is 4.96. The molecule has 0 bridgehead atoms. The summed E-state index contributed by atoms with van der Waals surface area (Å²) in [6.45, 7) is 4.07. The lowest BCUT2D eigenvalue weighted by Gasteiger charge is -2.13. The largest absolute Gasteiger partial charge is 0.490 e. The predicted octanol–water partition coefficient (Wildman–Crippen LogP) is 1.89. The van der Waals surface area contributed by atoms with Gasteiger partial charge in [0.25, 0.3) is 0 Å². The minimum atomic E-state index is -3.31. The molecule has 96 valence electrons. The van der Waals surface area contributed by atoms with E-state index in [1.165, 1.54) is 0 Å². The molecule has 0 saturated carbocycles. The summed E-state index contributed by atoms with van der Waals surface area (Å²) in [5.41, 5.74) is 0. The Morgan fingerprint density at radius 2 is 1.82 bits per heavy atom. The molecule has 0 heterocycles. The highest BCUT2D eigenvalue weighted by Crippen LogP contribution is 2.26. The number of hydrogen-bond acceptors (Lipinski definition) is 4. The summed E-state index contributed by atoms with van der Waals surface area (Å²) in [6.07, 6.45) is 0. The molecule has 0 aliphatic rings. The maximum absolute atomic E-state index is 12.1. The molecule has 0 amide bonds. The molecule has 0 spiro atoms. The molecule has 5 heteroatoms. The van der Waals surface area contributed by atoms with E-state index in [2.05, 4.69) is 0 Å². The molecule has 0 saturated heterocycles. The Morgan fingerprint density at radius 3 is 2.41 bits per heavy atom.